The second-order valence-corrected chi connectivity index (χ2v) is 7.69. The lowest BCUT2D eigenvalue weighted by molar-refractivity contribution is 0.545. The number of nitrogens with zero attached hydrogens (tertiary/aromatic N) is 2. The first-order valence-electron chi connectivity index (χ1n) is 6.73. The molecule has 1 aliphatic rings. The van der Waals surface area contributed by atoms with Gasteiger partial charge in [-0.25, -0.2) is 9.97 Å². The first kappa shape index (κ1) is 14.9. The van der Waals surface area contributed by atoms with Crippen molar-refractivity contribution in [2.75, 3.05) is 11.6 Å². The van der Waals surface area contributed by atoms with E-state index in [1.807, 2.05) is 17.8 Å². The molecular formula is C14H22ClN3S. The molecule has 1 aromatic rings. The van der Waals surface area contributed by atoms with Crippen molar-refractivity contribution in [2.24, 2.45) is 0 Å². The fourth-order valence-corrected chi connectivity index (χ4v) is 3.30. The van der Waals surface area contributed by atoms with E-state index in [4.69, 9.17) is 11.6 Å². The Labute approximate surface area is 124 Å². The maximum atomic E-state index is 6.10. The minimum absolute atomic E-state index is 0.0845. The third kappa shape index (κ3) is 3.99. The second-order valence-electron chi connectivity index (χ2n) is 6.16. The summed E-state index contributed by atoms with van der Waals surface area (Å²) in [7, 11) is 0. The summed E-state index contributed by atoms with van der Waals surface area (Å²) in [5.41, 5.74) is -0.0845. The smallest absolute Gasteiger partial charge is 0.137 e. The maximum absolute atomic E-state index is 6.10. The molecule has 1 N–H and O–H groups in total. The zero-order valence-corrected chi connectivity index (χ0v) is 13.6. The van der Waals surface area contributed by atoms with Crippen LogP contribution in [0.15, 0.2) is 6.07 Å². The normalized spacial score (nSPS) is 23.6. The van der Waals surface area contributed by atoms with Crippen LogP contribution in [0.25, 0.3) is 0 Å². The number of nitrogens with one attached hydrogen (secondary N) is 1. The summed E-state index contributed by atoms with van der Waals surface area (Å²) in [5.74, 6) is 1.65. The number of thioether (sulfide) groups is 1. The van der Waals surface area contributed by atoms with Gasteiger partial charge in [0.1, 0.15) is 16.8 Å². The largest absolute Gasteiger partial charge is 0.367 e. The Kier molecular flexibility index (Phi) is 4.62. The Bertz CT molecular complexity index is 445. The van der Waals surface area contributed by atoms with Gasteiger partial charge >= 0.3 is 0 Å². The molecule has 2 atom stereocenters. The molecule has 1 fully saturated rings. The van der Waals surface area contributed by atoms with Gasteiger partial charge in [0.15, 0.2) is 0 Å². The number of hydrogen-bond acceptors (Lipinski definition) is 4. The SMILES string of the molecule is CSC1CCC(Nc2cc(Cl)nc(C(C)(C)C)n2)C1. The van der Waals surface area contributed by atoms with Crippen LogP contribution in [0.5, 0.6) is 0 Å². The van der Waals surface area contributed by atoms with Gasteiger partial charge in [0.05, 0.1) is 0 Å². The zero-order valence-electron chi connectivity index (χ0n) is 12.0. The van der Waals surface area contributed by atoms with E-state index in [0.29, 0.717) is 11.2 Å². The van der Waals surface area contributed by atoms with Crippen LogP contribution < -0.4 is 5.32 Å². The average Bonchev–Trinajstić information content (AvgIpc) is 2.75. The summed E-state index contributed by atoms with van der Waals surface area (Å²) in [5, 5.41) is 4.80. The van der Waals surface area contributed by atoms with Crippen molar-refractivity contribution >= 4 is 29.2 Å². The second kappa shape index (κ2) is 5.88. The summed E-state index contributed by atoms with van der Waals surface area (Å²) in [6.07, 6.45) is 5.88. The van der Waals surface area contributed by atoms with E-state index in [1.54, 1.807) is 0 Å². The summed E-state index contributed by atoms with van der Waals surface area (Å²) in [6, 6.07) is 2.33. The molecule has 2 rings (SSSR count). The zero-order chi connectivity index (χ0) is 14.0. The quantitative estimate of drug-likeness (QED) is 0.852. The number of halogens is 1. The molecule has 0 bridgehead atoms. The van der Waals surface area contributed by atoms with Crippen LogP contribution in [0.3, 0.4) is 0 Å². The van der Waals surface area contributed by atoms with Crippen molar-refractivity contribution in [3.63, 3.8) is 0 Å². The lowest BCUT2D eigenvalue weighted by atomic mass is 9.96. The molecule has 19 heavy (non-hydrogen) atoms. The molecule has 1 aromatic heterocycles. The van der Waals surface area contributed by atoms with Crippen molar-refractivity contribution in [2.45, 2.75) is 56.7 Å². The molecule has 1 aliphatic carbocycles. The minimum atomic E-state index is -0.0845. The molecule has 1 saturated carbocycles. The highest BCUT2D eigenvalue weighted by atomic mass is 35.5. The molecule has 0 saturated heterocycles. The molecule has 0 aromatic carbocycles. The lowest BCUT2D eigenvalue weighted by Gasteiger charge is -2.19. The van der Waals surface area contributed by atoms with Crippen molar-refractivity contribution in [3.05, 3.63) is 17.0 Å². The van der Waals surface area contributed by atoms with Crippen molar-refractivity contribution < 1.29 is 0 Å². The topological polar surface area (TPSA) is 37.8 Å². The van der Waals surface area contributed by atoms with Crippen molar-refractivity contribution in [3.8, 4) is 0 Å². The van der Waals surface area contributed by atoms with E-state index >= 15 is 0 Å². The van der Waals surface area contributed by atoms with Crippen LogP contribution in [-0.4, -0.2) is 27.5 Å². The van der Waals surface area contributed by atoms with Crippen LogP contribution in [0.2, 0.25) is 5.15 Å². The van der Waals surface area contributed by atoms with Crippen LogP contribution in [0, 0.1) is 0 Å². The van der Waals surface area contributed by atoms with E-state index in [-0.39, 0.29) is 5.41 Å². The highest BCUT2D eigenvalue weighted by Crippen LogP contribution is 2.30. The third-order valence-electron chi connectivity index (χ3n) is 3.44. The molecule has 1 heterocycles. The Balaban J connectivity index is 2.11. The van der Waals surface area contributed by atoms with E-state index in [2.05, 4.69) is 42.3 Å². The van der Waals surface area contributed by atoms with E-state index in [1.165, 1.54) is 19.3 Å². The fraction of sp³-hybridized carbons (Fsp3) is 0.714. The Hall–Kier alpha value is -0.480. The maximum Gasteiger partial charge on any atom is 0.137 e. The van der Waals surface area contributed by atoms with Crippen molar-refractivity contribution in [1.29, 1.82) is 0 Å². The molecule has 0 spiro atoms. The molecule has 5 heteroatoms. The van der Waals surface area contributed by atoms with E-state index < -0.39 is 0 Å². The molecular weight excluding hydrogens is 278 g/mol. The van der Waals surface area contributed by atoms with Crippen LogP contribution >= 0.6 is 23.4 Å². The summed E-state index contributed by atoms with van der Waals surface area (Å²) < 4.78 is 0. The van der Waals surface area contributed by atoms with Crippen LogP contribution in [0.1, 0.15) is 45.9 Å². The predicted molar refractivity (Wildman–Crippen MR) is 84.3 cm³/mol. The van der Waals surface area contributed by atoms with Crippen molar-refractivity contribution in [1.82, 2.24) is 9.97 Å². The average molecular weight is 300 g/mol. The Morgan fingerprint density at radius 3 is 2.63 bits per heavy atom. The minimum Gasteiger partial charge on any atom is -0.367 e. The summed E-state index contributed by atoms with van der Waals surface area (Å²) in [4.78, 5) is 8.93. The molecule has 3 nitrogen and oxygen atoms in total. The molecule has 2 unspecified atom stereocenters. The first-order chi connectivity index (χ1) is 8.88. The number of anilines is 1. The van der Waals surface area contributed by atoms with Gasteiger partial charge in [-0.1, -0.05) is 32.4 Å². The fourth-order valence-electron chi connectivity index (χ4n) is 2.32. The number of rotatable bonds is 3. The first-order valence-corrected chi connectivity index (χ1v) is 8.39. The van der Waals surface area contributed by atoms with Gasteiger partial charge in [-0.05, 0) is 25.5 Å². The van der Waals surface area contributed by atoms with Gasteiger partial charge in [-0.2, -0.15) is 11.8 Å². The van der Waals surface area contributed by atoms with Crippen LogP contribution in [-0.2, 0) is 5.41 Å². The lowest BCUT2D eigenvalue weighted by Crippen LogP contribution is -2.21. The number of hydrogen-bond donors (Lipinski definition) is 1. The van der Waals surface area contributed by atoms with Gasteiger partial charge in [-0.3, -0.25) is 0 Å². The van der Waals surface area contributed by atoms with Crippen LogP contribution in [0.4, 0.5) is 5.82 Å². The third-order valence-corrected chi connectivity index (χ3v) is 4.72. The Morgan fingerprint density at radius 2 is 2.05 bits per heavy atom. The van der Waals surface area contributed by atoms with E-state index in [9.17, 15) is 0 Å². The van der Waals surface area contributed by atoms with Gasteiger partial charge < -0.3 is 5.32 Å². The molecule has 106 valence electrons. The summed E-state index contributed by atoms with van der Waals surface area (Å²) >= 11 is 8.06. The molecule has 0 radical (unpaired) electrons. The number of aromatic nitrogens is 2. The highest BCUT2D eigenvalue weighted by Gasteiger charge is 2.25. The molecule has 0 aliphatic heterocycles. The standard InChI is InChI=1S/C14H22ClN3S/c1-14(2,3)13-17-11(15)8-12(18-13)16-9-5-6-10(7-9)19-4/h8-10H,5-7H2,1-4H3,(H,16,17,18). The summed E-state index contributed by atoms with van der Waals surface area (Å²) in [6.45, 7) is 6.30. The Morgan fingerprint density at radius 1 is 1.32 bits per heavy atom. The highest BCUT2D eigenvalue weighted by molar-refractivity contribution is 7.99. The van der Waals surface area contributed by atoms with Gasteiger partial charge in [0.2, 0.25) is 0 Å². The monoisotopic (exact) mass is 299 g/mol. The van der Waals surface area contributed by atoms with Gasteiger partial charge in [0.25, 0.3) is 0 Å². The van der Waals surface area contributed by atoms with Gasteiger partial charge in [-0.15, -0.1) is 0 Å². The van der Waals surface area contributed by atoms with E-state index in [0.717, 1.165) is 16.9 Å². The van der Waals surface area contributed by atoms with Gasteiger partial charge in [0, 0.05) is 22.8 Å². The molecule has 0 amide bonds. The predicted octanol–water partition coefficient (Wildman–Crippen LogP) is 4.12.